The second kappa shape index (κ2) is 14.3. The van der Waals surface area contributed by atoms with E-state index in [1.54, 1.807) is 6.92 Å². The number of carbonyl (C=O) groups excluding carboxylic acids is 1. The number of alkyl halides is 11. The Hall–Kier alpha value is -3.54. The Labute approximate surface area is 252 Å². The van der Waals surface area contributed by atoms with Crippen LogP contribution >= 0.6 is 11.6 Å². The Kier molecular flexibility index (Phi) is 11.9. The van der Waals surface area contributed by atoms with Crippen molar-refractivity contribution in [1.82, 2.24) is 4.90 Å². The number of ether oxygens (including phenoxy) is 3. The highest BCUT2D eigenvalue weighted by atomic mass is 35.5. The molecule has 0 aromatic heterocycles. The van der Waals surface area contributed by atoms with Gasteiger partial charge in [0.2, 0.25) is 0 Å². The Balaban J connectivity index is 2.27. The van der Waals surface area contributed by atoms with Gasteiger partial charge >= 0.3 is 41.9 Å². The van der Waals surface area contributed by atoms with Crippen LogP contribution in [-0.2, 0) is 16.0 Å². The van der Waals surface area contributed by atoms with E-state index in [0.29, 0.717) is 5.56 Å². The zero-order chi connectivity index (χ0) is 34.4. The smallest absolute Gasteiger partial charge is 0.460 e. The molecule has 1 N–H and O–H groups in total. The minimum Gasteiger partial charge on any atom is -0.492 e. The van der Waals surface area contributed by atoms with Crippen molar-refractivity contribution in [3.05, 3.63) is 59.1 Å². The summed E-state index contributed by atoms with van der Waals surface area (Å²) in [5, 5.41) is 9.26. The minimum absolute atomic E-state index is 0.0542. The third kappa shape index (κ3) is 8.80. The molecule has 7 nitrogen and oxygen atoms in total. The molecule has 1 amide bonds. The molecule has 0 spiro atoms. The summed E-state index contributed by atoms with van der Waals surface area (Å²) in [6, 6.07) is 9.51. The summed E-state index contributed by atoms with van der Waals surface area (Å²) < 4.78 is 164. The van der Waals surface area contributed by atoms with E-state index < -0.39 is 73.5 Å². The Morgan fingerprint density at radius 3 is 1.84 bits per heavy atom. The van der Waals surface area contributed by atoms with Crippen molar-refractivity contribution in [1.29, 1.82) is 0 Å². The molecule has 19 heteroatoms. The second-order valence-electron chi connectivity index (χ2n) is 9.15. The number of halogens is 12. The molecule has 0 saturated heterocycles. The summed E-state index contributed by atoms with van der Waals surface area (Å²) in [7, 11) is 0. The van der Waals surface area contributed by atoms with Gasteiger partial charge in [-0.3, -0.25) is 4.90 Å². The van der Waals surface area contributed by atoms with E-state index in [4.69, 9.17) is 30.9 Å². The minimum atomic E-state index is -7.66. The summed E-state index contributed by atoms with van der Waals surface area (Å²) in [4.78, 5) is 23.4. The molecule has 2 rings (SSSR count). The molecule has 0 radical (unpaired) electrons. The SMILES string of the molecule is CCOC(Cc1ccc(OCCN(CC(F)(F)C(F)(F)C(F)(F)C(F)(F)C(F)(F)F)C(=O)Oc2ccc(Cl)cc2)cc1)C(=O)O. The van der Waals surface area contributed by atoms with E-state index >= 15 is 0 Å². The van der Waals surface area contributed by atoms with Gasteiger partial charge in [-0.25, -0.2) is 9.59 Å². The maximum absolute atomic E-state index is 14.5. The van der Waals surface area contributed by atoms with Gasteiger partial charge in [0, 0.05) is 18.1 Å². The highest BCUT2D eigenvalue weighted by Crippen LogP contribution is 2.57. The van der Waals surface area contributed by atoms with E-state index in [2.05, 4.69) is 0 Å². The zero-order valence-electron chi connectivity index (χ0n) is 22.7. The molecule has 252 valence electrons. The first kappa shape index (κ1) is 37.6. The maximum atomic E-state index is 14.5. The first-order chi connectivity index (χ1) is 20.6. The predicted molar refractivity (Wildman–Crippen MR) is 134 cm³/mol. The van der Waals surface area contributed by atoms with Gasteiger partial charge in [-0.15, -0.1) is 0 Å². The Morgan fingerprint density at radius 1 is 0.822 bits per heavy atom. The summed E-state index contributed by atoms with van der Waals surface area (Å²) in [6.45, 7) is -3.15. The van der Waals surface area contributed by atoms with E-state index in [1.807, 2.05) is 0 Å². The van der Waals surface area contributed by atoms with E-state index in [1.165, 1.54) is 24.3 Å². The molecule has 0 saturated carbocycles. The van der Waals surface area contributed by atoms with Crippen LogP contribution in [0.5, 0.6) is 11.5 Å². The molecule has 0 heterocycles. The average Bonchev–Trinajstić information content (AvgIpc) is 2.93. The van der Waals surface area contributed by atoms with E-state index in [-0.39, 0.29) is 28.7 Å². The topological polar surface area (TPSA) is 85.3 Å². The summed E-state index contributed by atoms with van der Waals surface area (Å²) in [5.74, 6) is -30.7. The van der Waals surface area contributed by atoms with Crippen LogP contribution in [0.25, 0.3) is 0 Å². The van der Waals surface area contributed by atoms with Crippen molar-refractivity contribution in [3.8, 4) is 11.5 Å². The molecule has 0 aliphatic carbocycles. The molecular formula is C26H23ClF11NO6. The lowest BCUT2D eigenvalue weighted by Crippen LogP contribution is -2.68. The van der Waals surface area contributed by atoms with Crippen molar-refractivity contribution in [2.75, 3.05) is 26.3 Å². The zero-order valence-corrected chi connectivity index (χ0v) is 23.5. The molecule has 2 aromatic rings. The summed E-state index contributed by atoms with van der Waals surface area (Å²) >= 11 is 5.65. The molecule has 1 atom stereocenters. The summed E-state index contributed by atoms with van der Waals surface area (Å²) in [6.07, 6.45) is -10.5. The number of nitrogens with zero attached hydrogens (tertiary/aromatic N) is 1. The Bertz CT molecular complexity index is 1290. The van der Waals surface area contributed by atoms with Crippen LogP contribution in [0.4, 0.5) is 53.1 Å². The number of rotatable bonds is 15. The van der Waals surface area contributed by atoms with Gasteiger partial charge in [-0.2, -0.15) is 48.3 Å². The molecule has 1 unspecified atom stereocenters. The van der Waals surface area contributed by atoms with Gasteiger partial charge in [0.1, 0.15) is 18.1 Å². The van der Waals surface area contributed by atoms with Crippen molar-refractivity contribution >= 4 is 23.7 Å². The first-order valence-electron chi connectivity index (χ1n) is 12.4. The number of hydrogen-bond donors (Lipinski definition) is 1. The summed E-state index contributed by atoms with van der Waals surface area (Å²) in [5.41, 5.74) is 0.440. The lowest BCUT2D eigenvalue weighted by atomic mass is 9.97. The monoisotopic (exact) mass is 689 g/mol. The standard InChI is InChI=1S/C26H23ClF11NO6/c1-2-43-19(20(40)41)13-15-3-7-17(8-4-15)44-12-11-39(21(42)45-18-9-5-16(27)6-10-18)14-22(28,29)23(30,31)24(32,33)25(34,35)26(36,37)38/h3-10,19H,2,11-14H2,1H3,(H,40,41). The van der Waals surface area contributed by atoms with Gasteiger partial charge in [0.05, 0.1) is 13.1 Å². The largest absolute Gasteiger partial charge is 0.492 e. The highest BCUT2D eigenvalue weighted by molar-refractivity contribution is 6.30. The van der Waals surface area contributed by atoms with Crippen molar-refractivity contribution in [2.24, 2.45) is 0 Å². The van der Waals surface area contributed by atoms with Crippen LogP contribution in [0.1, 0.15) is 12.5 Å². The normalized spacial score (nSPS) is 13.7. The number of carbonyl (C=O) groups is 2. The van der Waals surface area contributed by atoms with E-state index in [9.17, 15) is 57.9 Å². The van der Waals surface area contributed by atoms with Gasteiger partial charge in [-0.05, 0) is 48.9 Å². The number of benzene rings is 2. The van der Waals surface area contributed by atoms with Crippen LogP contribution in [0.2, 0.25) is 5.02 Å². The predicted octanol–water partition coefficient (Wildman–Crippen LogP) is 7.36. The van der Waals surface area contributed by atoms with Gasteiger partial charge < -0.3 is 19.3 Å². The van der Waals surface area contributed by atoms with Crippen LogP contribution in [0.3, 0.4) is 0 Å². The van der Waals surface area contributed by atoms with Crippen molar-refractivity contribution in [2.45, 2.75) is 49.3 Å². The second-order valence-corrected chi connectivity index (χ2v) is 9.58. The third-order valence-corrected chi connectivity index (χ3v) is 6.14. The number of carboxylic acid groups (broad SMARTS) is 1. The number of aliphatic carboxylic acids is 1. The fraction of sp³-hybridized carbons (Fsp3) is 0.462. The molecule has 0 bridgehead atoms. The molecule has 0 aliphatic rings. The average molecular weight is 690 g/mol. The van der Waals surface area contributed by atoms with E-state index in [0.717, 1.165) is 24.3 Å². The fourth-order valence-electron chi connectivity index (χ4n) is 3.47. The van der Waals surface area contributed by atoms with Gasteiger partial charge in [-0.1, -0.05) is 23.7 Å². The Morgan fingerprint density at radius 2 is 1.36 bits per heavy atom. The number of amides is 1. The molecular weight excluding hydrogens is 667 g/mol. The van der Waals surface area contributed by atoms with Gasteiger partial charge in [0.25, 0.3) is 0 Å². The molecule has 0 aliphatic heterocycles. The van der Waals surface area contributed by atoms with Crippen LogP contribution in [0, 0.1) is 0 Å². The number of hydrogen-bond acceptors (Lipinski definition) is 5. The van der Waals surface area contributed by atoms with Crippen LogP contribution < -0.4 is 9.47 Å². The molecule has 2 aromatic carbocycles. The van der Waals surface area contributed by atoms with Crippen LogP contribution in [0.15, 0.2) is 48.5 Å². The molecule has 45 heavy (non-hydrogen) atoms. The quantitative estimate of drug-likeness (QED) is 0.197. The third-order valence-electron chi connectivity index (χ3n) is 5.89. The maximum Gasteiger partial charge on any atom is 0.460 e. The lowest BCUT2D eigenvalue weighted by molar-refractivity contribution is -0.422. The van der Waals surface area contributed by atoms with Crippen molar-refractivity contribution in [3.63, 3.8) is 0 Å². The molecule has 0 fully saturated rings. The lowest BCUT2D eigenvalue weighted by Gasteiger charge is -2.38. The highest BCUT2D eigenvalue weighted by Gasteiger charge is 2.87. The number of carboxylic acids is 1. The first-order valence-corrected chi connectivity index (χ1v) is 12.8. The fourth-order valence-corrected chi connectivity index (χ4v) is 3.60. The van der Waals surface area contributed by atoms with Crippen LogP contribution in [-0.4, -0.2) is 84.3 Å². The van der Waals surface area contributed by atoms with Crippen molar-refractivity contribution < 1.29 is 77.2 Å². The van der Waals surface area contributed by atoms with Gasteiger partial charge in [0.15, 0.2) is 6.10 Å².